The highest BCUT2D eigenvalue weighted by molar-refractivity contribution is 7.80. The van der Waals surface area contributed by atoms with Gasteiger partial charge >= 0.3 is 0 Å². The molecule has 1 aliphatic heterocycles. The van der Waals surface area contributed by atoms with E-state index in [1.165, 1.54) is 10.1 Å². The van der Waals surface area contributed by atoms with E-state index in [2.05, 4.69) is 38.4 Å². The minimum Gasteiger partial charge on any atom is -0.359 e. The van der Waals surface area contributed by atoms with E-state index in [4.69, 9.17) is 23.8 Å². The van der Waals surface area contributed by atoms with Gasteiger partial charge < -0.3 is 9.80 Å². The first-order chi connectivity index (χ1) is 11.7. The van der Waals surface area contributed by atoms with Gasteiger partial charge in [-0.3, -0.25) is 0 Å². The van der Waals surface area contributed by atoms with Crippen molar-refractivity contribution in [1.29, 1.82) is 0 Å². The summed E-state index contributed by atoms with van der Waals surface area (Å²) in [5.41, 5.74) is 1.06. The van der Waals surface area contributed by atoms with E-state index in [-0.39, 0.29) is 0 Å². The van der Waals surface area contributed by atoms with E-state index in [0.717, 1.165) is 47.6 Å². The van der Waals surface area contributed by atoms with Crippen LogP contribution in [0, 0.1) is 0 Å². The molecule has 3 aromatic rings. The summed E-state index contributed by atoms with van der Waals surface area (Å²) >= 11 is 13.2. The van der Waals surface area contributed by atoms with Crippen molar-refractivity contribution < 1.29 is 0 Å². The Morgan fingerprint density at radius 1 is 1.00 bits per heavy atom. The molecule has 0 bridgehead atoms. The van der Waals surface area contributed by atoms with Crippen molar-refractivity contribution in [2.75, 3.05) is 31.1 Å². The van der Waals surface area contributed by atoms with E-state index >= 15 is 0 Å². The highest BCUT2D eigenvalue weighted by Crippen LogP contribution is 2.30. The number of benzene rings is 2. The Balaban J connectivity index is 1.47. The number of fused-ring (bicyclic) bond motifs is 1. The Labute approximate surface area is 155 Å². The van der Waals surface area contributed by atoms with Crippen LogP contribution in [0.15, 0.2) is 48.5 Å². The minimum absolute atomic E-state index is 0.738. The summed E-state index contributed by atoms with van der Waals surface area (Å²) in [6.07, 6.45) is 0. The summed E-state index contributed by atoms with van der Waals surface area (Å²) in [7, 11) is 0. The second-order valence-corrected chi connectivity index (χ2v) is 7.42. The van der Waals surface area contributed by atoms with Gasteiger partial charge in [0.05, 0.1) is 4.70 Å². The summed E-state index contributed by atoms with van der Waals surface area (Å²) in [6.45, 7) is 3.68. The lowest BCUT2D eigenvalue weighted by molar-refractivity contribution is 0.391. The second-order valence-electron chi connectivity index (χ2n) is 5.79. The molecule has 0 saturated carbocycles. The number of piperazine rings is 1. The maximum atomic E-state index is 5.96. The molecule has 6 heteroatoms. The molecule has 24 heavy (non-hydrogen) atoms. The van der Waals surface area contributed by atoms with E-state index in [1.807, 2.05) is 24.3 Å². The van der Waals surface area contributed by atoms with Gasteiger partial charge in [-0.25, -0.2) is 0 Å². The molecule has 0 radical (unpaired) electrons. The number of thiocarbonyl (C=S) groups is 1. The van der Waals surface area contributed by atoms with Crippen LogP contribution in [0.25, 0.3) is 10.1 Å². The summed E-state index contributed by atoms with van der Waals surface area (Å²) < 4.78 is 5.90. The Bertz CT molecular complexity index is 867. The normalized spacial score (nSPS) is 15.0. The predicted molar refractivity (Wildman–Crippen MR) is 107 cm³/mol. The predicted octanol–water partition coefficient (Wildman–Crippen LogP) is 4.45. The molecule has 0 unspecified atom stereocenters. The maximum absolute atomic E-state index is 5.96. The Kier molecular flexibility index (Phi) is 4.39. The smallest absolute Gasteiger partial charge is 0.150 e. The van der Waals surface area contributed by atoms with Crippen molar-refractivity contribution >= 4 is 56.2 Å². The first-order valence-electron chi connectivity index (χ1n) is 7.86. The number of rotatable bonds is 2. The summed E-state index contributed by atoms with van der Waals surface area (Å²) in [5, 5.41) is 1.98. The third kappa shape index (κ3) is 2.99. The highest BCUT2D eigenvalue weighted by Gasteiger charge is 2.22. The molecule has 1 aromatic heterocycles. The molecule has 0 atom stereocenters. The second kappa shape index (κ2) is 6.67. The van der Waals surface area contributed by atoms with Crippen LogP contribution < -0.4 is 4.90 Å². The van der Waals surface area contributed by atoms with Crippen LogP contribution in [0.2, 0.25) is 5.02 Å². The van der Waals surface area contributed by atoms with Crippen LogP contribution in [0.5, 0.6) is 0 Å². The van der Waals surface area contributed by atoms with Gasteiger partial charge in [0.15, 0.2) is 0 Å². The molecule has 0 N–H and O–H groups in total. The van der Waals surface area contributed by atoms with Crippen LogP contribution in [-0.2, 0) is 0 Å². The van der Waals surface area contributed by atoms with Crippen molar-refractivity contribution in [3.05, 3.63) is 59.1 Å². The zero-order valence-electron chi connectivity index (χ0n) is 13.0. The van der Waals surface area contributed by atoms with Crippen molar-refractivity contribution in [3.8, 4) is 0 Å². The van der Waals surface area contributed by atoms with E-state index in [9.17, 15) is 0 Å². The van der Waals surface area contributed by atoms with Crippen LogP contribution in [0.3, 0.4) is 0 Å². The Morgan fingerprint density at radius 2 is 1.71 bits per heavy atom. The van der Waals surface area contributed by atoms with Gasteiger partial charge in [0.25, 0.3) is 0 Å². The average molecular weight is 374 g/mol. The standard InChI is InChI=1S/C18H16ClN3S2/c19-14-7-5-13(6-8-14)18(23)22-11-9-21(10-12-22)17-15-3-1-2-4-16(15)24-20-17/h1-8H,9-12H2. The molecular formula is C18H16ClN3S2. The SMILES string of the molecule is S=C(c1ccc(Cl)cc1)N1CCN(c2nsc3ccccc23)CC1. The zero-order chi connectivity index (χ0) is 16.5. The molecule has 1 aliphatic rings. The van der Waals surface area contributed by atoms with Crippen molar-refractivity contribution in [2.24, 2.45) is 0 Å². The van der Waals surface area contributed by atoms with Crippen molar-refractivity contribution in [2.45, 2.75) is 0 Å². The number of hydrogen-bond acceptors (Lipinski definition) is 4. The van der Waals surface area contributed by atoms with Gasteiger partial charge in [0, 0.05) is 42.2 Å². The van der Waals surface area contributed by atoms with Gasteiger partial charge in [-0.2, -0.15) is 4.37 Å². The monoisotopic (exact) mass is 373 g/mol. The number of hydrogen-bond donors (Lipinski definition) is 0. The molecule has 1 fully saturated rings. The quantitative estimate of drug-likeness (QED) is 0.618. The van der Waals surface area contributed by atoms with Gasteiger partial charge in [-0.1, -0.05) is 48.1 Å². The molecule has 1 saturated heterocycles. The molecule has 2 aromatic carbocycles. The minimum atomic E-state index is 0.738. The Hall–Kier alpha value is -1.69. The van der Waals surface area contributed by atoms with Gasteiger partial charge in [-0.05, 0) is 35.8 Å². The topological polar surface area (TPSA) is 19.4 Å². The number of anilines is 1. The third-order valence-electron chi connectivity index (χ3n) is 4.32. The molecule has 0 aliphatic carbocycles. The number of halogens is 1. The summed E-state index contributed by atoms with van der Waals surface area (Å²) in [5.74, 6) is 1.10. The number of aromatic nitrogens is 1. The van der Waals surface area contributed by atoms with Crippen LogP contribution in [-0.4, -0.2) is 40.4 Å². The first kappa shape index (κ1) is 15.8. The van der Waals surface area contributed by atoms with Crippen molar-refractivity contribution in [3.63, 3.8) is 0 Å². The van der Waals surface area contributed by atoms with Gasteiger partial charge in [0.1, 0.15) is 10.8 Å². The molecule has 122 valence electrons. The fourth-order valence-electron chi connectivity index (χ4n) is 3.00. The van der Waals surface area contributed by atoms with E-state index in [0.29, 0.717) is 0 Å². The largest absolute Gasteiger partial charge is 0.359 e. The molecule has 0 spiro atoms. The molecule has 4 rings (SSSR count). The maximum Gasteiger partial charge on any atom is 0.150 e. The van der Waals surface area contributed by atoms with Crippen LogP contribution in [0.4, 0.5) is 5.82 Å². The number of nitrogens with zero attached hydrogens (tertiary/aromatic N) is 3. The fourth-order valence-corrected chi connectivity index (χ4v) is 4.24. The van der Waals surface area contributed by atoms with Crippen LogP contribution >= 0.6 is 35.4 Å². The zero-order valence-corrected chi connectivity index (χ0v) is 15.4. The molecule has 3 nitrogen and oxygen atoms in total. The molecule has 2 heterocycles. The lowest BCUT2D eigenvalue weighted by Gasteiger charge is -2.36. The summed E-state index contributed by atoms with van der Waals surface area (Å²) in [4.78, 5) is 5.53. The molecule has 0 amide bonds. The van der Waals surface area contributed by atoms with E-state index < -0.39 is 0 Å². The first-order valence-corrected chi connectivity index (χ1v) is 9.42. The third-order valence-corrected chi connectivity index (χ3v) is 5.88. The van der Waals surface area contributed by atoms with Gasteiger partial charge in [-0.15, -0.1) is 0 Å². The van der Waals surface area contributed by atoms with Crippen molar-refractivity contribution in [1.82, 2.24) is 9.27 Å². The average Bonchev–Trinajstić information content (AvgIpc) is 3.06. The lowest BCUT2D eigenvalue weighted by atomic mass is 10.2. The fraction of sp³-hybridized carbons (Fsp3) is 0.222. The molecular weight excluding hydrogens is 358 g/mol. The lowest BCUT2D eigenvalue weighted by Crippen LogP contribution is -2.48. The van der Waals surface area contributed by atoms with Gasteiger partial charge in [0.2, 0.25) is 0 Å². The van der Waals surface area contributed by atoms with E-state index in [1.54, 1.807) is 11.5 Å². The summed E-state index contributed by atoms with van der Waals surface area (Å²) in [6, 6.07) is 16.2. The van der Waals surface area contributed by atoms with Crippen LogP contribution in [0.1, 0.15) is 5.56 Å². The Morgan fingerprint density at radius 3 is 2.46 bits per heavy atom. The highest BCUT2D eigenvalue weighted by atomic mass is 35.5.